The van der Waals surface area contributed by atoms with Gasteiger partial charge < -0.3 is 10.6 Å². The van der Waals surface area contributed by atoms with E-state index in [1.807, 2.05) is 13.0 Å². The number of hydrogen-bond acceptors (Lipinski definition) is 3. The number of halogens is 2. The van der Waals surface area contributed by atoms with Crippen LogP contribution in [0.4, 0.5) is 4.39 Å². The highest BCUT2D eigenvalue weighted by atomic mass is 35.5. The Hall–Kier alpha value is -1.17. The summed E-state index contributed by atoms with van der Waals surface area (Å²) >= 11 is 1.37. The average molecular weight is 357 g/mol. The Morgan fingerprint density at radius 2 is 2.30 bits per heavy atom. The monoisotopic (exact) mass is 356 g/mol. The summed E-state index contributed by atoms with van der Waals surface area (Å²) in [5.41, 5.74) is 0.745. The Morgan fingerprint density at radius 1 is 1.48 bits per heavy atom. The second kappa shape index (κ2) is 8.08. The van der Waals surface area contributed by atoms with Crippen LogP contribution in [0.25, 0.3) is 10.1 Å². The summed E-state index contributed by atoms with van der Waals surface area (Å²) in [6.07, 6.45) is 3.44. The van der Waals surface area contributed by atoms with Crippen LogP contribution in [0.5, 0.6) is 0 Å². The van der Waals surface area contributed by atoms with Gasteiger partial charge in [-0.1, -0.05) is 6.07 Å². The number of hydrogen-bond donors (Lipinski definition) is 2. The number of carbonyl (C=O) groups excluding carboxylic acids is 1. The van der Waals surface area contributed by atoms with Crippen LogP contribution in [-0.4, -0.2) is 25.5 Å². The van der Waals surface area contributed by atoms with Gasteiger partial charge in [-0.25, -0.2) is 4.39 Å². The summed E-state index contributed by atoms with van der Waals surface area (Å²) in [4.78, 5) is 13.0. The molecule has 0 bridgehead atoms. The lowest BCUT2D eigenvalue weighted by atomic mass is 9.96. The van der Waals surface area contributed by atoms with Crippen LogP contribution < -0.4 is 10.6 Å². The minimum Gasteiger partial charge on any atom is -0.351 e. The van der Waals surface area contributed by atoms with Gasteiger partial charge in [0.1, 0.15) is 5.82 Å². The van der Waals surface area contributed by atoms with Crippen molar-refractivity contribution in [2.75, 3.05) is 19.6 Å². The van der Waals surface area contributed by atoms with E-state index in [1.165, 1.54) is 30.2 Å². The summed E-state index contributed by atoms with van der Waals surface area (Å²) < 4.78 is 14.7. The number of piperidine rings is 1. The van der Waals surface area contributed by atoms with Gasteiger partial charge in [-0.05, 0) is 62.9 Å². The van der Waals surface area contributed by atoms with Crippen LogP contribution in [0.3, 0.4) is 0 Å². The van der Waals surface area contributed by atoms with Gasteiger partial charge in [-0.2, -0.15) is 0 Å². The molecule has 126 valence electrons. The number of benzene rings is 1. The van der Waals surface area contributed by atoms with Crippen molar-refractivity contribution in [2.24, 2.45) is 5.92 Å². The third-order valence-electron chi connectivity index (χ3n) is 4.35. The highest BCUT2D eigenvalue weighted by Gasteiger charge is 2.18. The fraction of sp³-hybridized carbons (Fsp3) is 0.471. The van der Waals surface area contributed by atoms with Crippen molar-refractivity contribution in [1.82, 2.24) is 10.6 Å². The maximum Gasteiger partial charge on any atom is 0.261 e. The molecule has 1 aliphatic heterocycles. The van der Waals surface area contributed by atoms with Crippen molar-refractivity contribution >= 4 is 39.7 Å². The summed E-state index contributed by atoms with van der Waals surface area (Å²) in [5, 5.41) is 6.95. The zero-order valence-corrected chi connectivity index (χ0v) is 14.8. The number of rotatable bonds is 4. The van der Waals surface area contributed by atoms with E-state index >= 15 is 0 Å². The van der Waals surface area contributed by atoms with Crippen LogP contribution in [0.1, 0.15) is 34.5 Å². The largest absolute Gasteiger partial charge is 0.351 e. The van der Waals surface area contributed by atoms with Crippen molar-refractivity contribution < 1.29 is 9.18 Å². The Morgan fingerprint density at radius 3 is 3.00 bits per heavy atom. The van der Waals surface area contributed by atoms with E-state index in [0.717, 1.165) is 29.8 Å². The first kappa shape index (κ1) is 18.2. The first-order valence-electron chi connectivity index (χ1n) is 7.83. The minimum absolute atomic E-state index is 0. The fourth-order valence-corrected chi connectivity index (χ4v) is 4.25. The molecule has 1 amide bonds. The molecule has 0 radical (unpaired) electrons. The van der Waals surface area contributed by atoms with Gasteiger partial charge in [0.25, 0.3) is 5.91 Å². The molecule has 23 heavy (non-hydrogen) atoms. The second-order valence-electron chi connectivity index (χ2n) is 5.93. The van der Waals surface area contributed by atoms with Gasteiger partial charge in [0.2, 0.25) is 0 Å². The molecule has 3 rings (SSSR count). The van der Waals surface area contributed by atoms with Crippen LogP contribution in [0, 0.1) is 18.7 Å². The topological polar surface area (TPSA) is 41.1 Å². The molecule has 0 saturated carbocycles. The molecule has 1 unspecified atom stereocenters. The van der Waals surface area contributed by atoms with E-state index in [4.69, 9.17) is 0 Å². The van der Waals surface area contributed by atoms with E-state index in [0.29, 0.717) is 22.7 Å². The van der Waals surface area contributed by atoms with E-state index in [9.17, 15) is 9.18 Å². The standard InChI is InChI=1S/C17H21FN2OS.ClH/c1-11-15-13(18)5-2-6-14(15)22-16(11)17(21)20-9-7-12-4-3-8-19-10-12;/h2,5-6,12,19H,3-4,7-10H2,1H3,(H,20,21);1H. The molecule has 1 saturated heterocycles. The summed E-state index contributed by atoms with van der Waals surface area (Å²) in [7, 11) is 0. The molecule has 3 nitrogen and oxygen atoms in total. The van der Waals surface area contributed by atoms with E-state index in [2.05, 4.69) is 10.6 Å². The zero-order chi connectivity index (χ0) is 15.5. The van der Waals surface area contributed by atoms with Gasteiger partial charge in [0, 0.05) is 16.6 Å². The highest BCUT2D eigenvalue weighted by Crippen LogP contribution is 2.32. The molecule has 2 aromatic rings. The predicted octanol–water partition coefficient (Wildman–Crippen LogP) is 3.89. The SMILES string of the molecule is Cc1c(C(=O)NCCC2CCCNC2)sc2cccc(F)c12.Cl. The molecular weight excluding hydrogens is 335 g/mol. The van der Waals surface area contributed by atoms with Crippen molar-refractivity contribution in [1.29, 1.82) is 0 Å². The average Bonchev–Trinajstić information content (AvgIpc) is 2.87. The molecule has 1 atom stereocenters. The van der Waals surface area contributed by atoms with Crippen molar-refractivity contribution in [3.63, 3.8) is 0 Å². The molecule has 0 spiro atoms. The second-order valence-corrected chi connectivity index (χ2v) is 6.98. The predicted molar refractivity (Wildman–Crippen MR) is 96.3 cm³/mol. The van der Waals surface area contributed by atoms with Gasteiger partial charge >= 0.3 is 0 Å². The van der Waals surface area contributed by atoms with E-state index in [-0.39, 0.29) is 24.1 Å². The first-order valence-corrected chi connectivity index (χ1v) is 8.65. The highest BCUT2D eigenvalue weighted by molar-refractivity contribution is 7.21. The third kappa shape index (κ3) is 4.03. The number of aryl methyl sites for hydroxylation is 1. The molecule has 0 aliphatic carbocycles. The minimum atomic E-state index is -0.251. The summed E-state index contributed by atoms with van der Waals surface area (Å²) in [6.45, 7) is 4.65. The molecule has 1 aromatic heterocycles. The maximum absolute atomic E-state index is 13.9. The lowest BCUT2D eigenvalue weighted by Gasteiger charge is -2.22. The summed E-state index contributed by atoms with van der Waals surface area (Å²) in [5.74, 6) is 0.315. The van der Waals surface area contributed by atoms with Crippen LogP contribution in [0.2, 0.25) is 0 Å². The normalized spacial score (nSPS) is 17.7. The first-order chi connectivity index (χ1) is 10.7. The molecule has 6 heteroatoms. The molecular formula is C17H22ClFN2OS. The van der Waals surface area contributed by atoms with Gasteiger partial charge in [-0.15, -0.1) is 23.7 Å². The zero-order valence-electron chi connectivity index (χ0n) is 13.2. The molecule has 1 fully saturated rings. The number of fused-ring (bicyclic) bond motifs is 1. The Kier molecular flexibility index (Phi) is 6.39. The van der Waals surface area contributed by atoms with Crippen molar-refractivity contribution in [2.45, 2.75) is 26.2 Å². The smallest absolute Gasteiger partial charge is 0.261 e. The molecule has 1 aliphatic rings. The molecule has 2 N–H and O–H groups in total. The van der Waals surface area contributed by atoms with E-state index < -0.39 is 0 Å². The van der Waals surface area contributed by atoms with E-state index in [1.54, 1.807) is 6.07 Å². The lowest BCUT2D eigenvalue weighted by Crippen LogP contribution is -2.33. The number of nitrogens with one attached hydrogen (secondary N) is 2. The van der Waals surface area contributed by atoms with Crippen molar-refractivity contribution in [3.05, 3.63) is 34.5 Å². The molecule has 2 heterocycles. The Labute approximate surface area is 146 Å². The number of thiophene rings is 1. The lowest BCUT2D eigenvalue weighted by molar-refractivity contribution is 0.0954. The molecule has 1 aromatic carbocycles. The quantitative estimate of drug-likeness (QED) is 0.872. The van der Waals surface area contributed by atoms with Gasteiger partial charge in [0.15, 0.2) is 0 Å². The number of amides is 1. The van der Waals surface area contributed by atoms with Gasteiger partial charge in [-0.3, -0.25) is 4.79 Å². The third-order valence-corrected chi connectivity index (χ3v) is 5.60. The van der Waals surface area contributed by atoms with Crippen LogP contribution in [0.15, 0.2) is 18.2 Å². The van der Waals surface area contributed by atoms with Crippen LogP contribution in [-0.2, 0) is 0 Å². The maximum atomic E-state index is 13.9. The van der Waals surface area contributed by atoms with Gasteiger partial charge in [0.05, 0.1) is 4.88 Å². The summed E-state index contributed by atoms with van der Waals surface area (Å²) in [6, 6.07) is 4.99. The fourth-order valence-electron chi connectivity index (χ4n) is 3.11. The van der Waals surface area contributed by atoms with Crippen molar-refractivity contribution in [3.8, 4) is 0 Å². The Bertz CT molecular complexity index is 683. The Balaban J connectivity index is 0.00000192. The number of carbonyl (C=O) groups is 1. The van der Waals surface area contributed by atoms with Crippen LogP contribution >= 0.6 is 23.7 Å².